The maximum Gasteiger partial charge on any atom is 0.289 e. The zero-order chi connectivity index (χ0) is 16.2. The number of hydrogen-bond acceptors (Lipinski definition) is 6. The van der Waals surface area contributed by atoms with Gasteiger partial charge in [0.1, 0.15) is 6.10 Å². The van der Waals surface area contributed by atoms with Crippen molar-refractivity contribution in [2.24, 2.45) is 0 Å². The first-order valence-corrected chi connectivity index (χ1v) is 8.02. The Morgan fingerprint density at radius 1 is 1.39 bits per heavy atom. The van der Waals surface area contributed by atoms with Gasteiger partial charge < -0.3 is 18.8 Å². The molecule has 0 N–H and O–H groups in total. The van der Waals surface area contributed by atoms with Gasteiger partial charge in [-0.05, 0) is 40.9 Å². The highest BCUT2D eigenvalue weighted by Crippen LogP contribution is 2.21. The summed E-state index contributed by atoms with van der Waals surface area (Å²) < 4.78 is 16.7. The number of carbonyl (C=O) groups excluding carboxylic acids is 1. The Labute approximate surface area is 141 Å². The van der Waals surface area contributed by atoms with E-state index >= 15 is 0 Å². The minimum Gasteiger partial charge on any atom is -0.480 e. The van der Waals surface area contributed by atoms with E-state index in [0.717, 1.165) is 12.8 Å². The molecule has 7 nitrogen and oxygen atoms in total. The average Bonchev–Trinajstić information content (AvgIpc) is 3.01. The van der Waals surface area contributed by atoms with E-state index in [1.165, 1.54) is 19.5 Å². The smallest absolute Gasteiger partial charge is 0.289 e. The predicted molar refractivity (Wildman–Crippen MR) is 84.5 cm³/mol. The Bertz CT molecular complexity index is 691. The molecule has 3 heterocycles. The molecular weight excluding hydrogens is 366 g/mol. The van der Waals surface area contributed by atoms with E-state index in [1.54, 1.807) is 17.0 Å². The van der Waals surface area contributed by atoms with Crippen LogP contribution < -0.4 is 9.47 Å². The van der Waals surface area contributed by atoms with Gasteiger partial charge in [0, 0.05) is 6.54 Å². The third-order valence-corrected chi connectivity index (χ3v) is 3.96. The maximum absolute atomic E-state index is 12.4. The summed E-state index contributed by atoms with van der Waals surface area (Å²) in [4.78, 5) is 22.3. The van der Waals surface area contributed by atoms with Crippen molar-refractivity contribution < 1.29 is 18.7 Å². The minimum absolute atomic E-state index is 0.132. The molecule has 0 aromatic carbocycles. The number of ether oxygens (including phenoxy) is 2. The number of nitrogens with zero attached hydrogens (tertiary/aromatic N) is 3. The van der Waals surface area contributed by atoms with Gasteiger partial charge in [-0.3, -0.25) is 9.78 Å². The van der Waals surface area contributed by atoms with Crippen LogP contribution in [0.15, 0.2) is 33.6 Å². The molecule has 0 spiro atoms. The summed E-state index contributed by atoms with van der Waals surface area (Å²) in [5, 5.41) is 0. The third kappa shape index (κ3) is 3.82. The van der Waals surface area contributed by atoms with Crippen LogP contribution in [0.3, 0.4) is 0 Å². The van der Waals surface area contributed by atoms with Gasteiger partial charge in [0.05, 0.1) is 26.0 Å². The number of furan rings is 1. The van der Waals surface area contributed by atoms with Crippen LogP contribution in [0, 0.1) is 0 Å². The zero-order valence-electron chi connectivity index (χ0n) is 12.6. The molecule has 8 heteroatoms. The summed E-state index contributed by atoms with van der Waals surface area (Å²) in [6.45, 7) is 1.16. The van der Waals surface area contributed by atoms with Gasteiger partial charge in [-0.15, -0.1) is 0 Å². The lowest BCUT2D eigenvalue weighted by molar-refractivity contribution is 0.0497. The second kappa shape index (κ2) is 6.99. The van der Waals surface area contributed by atoms with Gasteiger partial charge in [-0.25, -0.2) is 0 Å². The van der Waals surface area contributed by atoms with Crippen LogP contribution in [-0.4, -0.2) is 47.1 Å². The molecule has 0 saturated carbocycles. The van der Waals surface area contributed by atoms with E-state index in [4.69, 9.17) is 13.9 Å². The molecule has 1 amide bonds. The lowest BCUT2D eigenvalue weighted by Gasteiger charge is -2.32. The van der Waals surface area contributed by atoms with Gasteiger partial charge >= 0.3 is 0 Å². The average molecular weight is 382 g/mol. The molecule has 1 atom stereocenters. The van der Waals surface area contributed by atoms with Crippen molar-refractivity contribution in [3.63, 3.8) is 0 Å². The highest BCUT2D eigenvalue weighted by atomic mass is 79.9. The fourth-order valence-corrected chi connectivity index (χ4v) is 2.77. The number of likely N-dealkylation sites (tertiary alicyclic amines) is 1. The maximum atomic E-state index is 12.4. The van der Waals surface area contributed by atoms with Crippen molar-refractivity contribution >= 4 is 21.8 Å². The number of methoxy groups -OCH3 is 1. The molecule has 0 aliphatic carbocycles. The molecule has 1 aliphatic heterocycles. The molecule has 0 bridgehead atoms. The van der Waals surface area contributed by atoms with Crippen molar-refractivity contribution in [3.8, 4) is 11.8 Å². The lowest BCUT2D eigenvalue weighted by atomic mass is 10.1. The van der Waals surface area contributed by atoms with Crippen molar-refractivity contribution in [2.75, 3.05) is 20.2 Å². The van der Waals surface area contributed by atoms with E-state index in [1.807, 2.05) is 0 Å². The van der Waals surface area contributed by atoms with Crippen molar-refractivity contribution in [2.45, 2.75) is 18.9 Å². The minimum atomic E-state index is -0.138. The Kier molecular flexibility index (Phi) is 4.80. The monoisotopic (exact) mass is 381 g/mol. The summed E-state index contributed by atoms with van der Waals surface area (Å²) in [6.07, 6.45) is 4.62. The van der Waals surface area contributed by atoms with Gasteiger partial charge in [-0.1, -0.05) is 0 Å². The lowest BCUT2D eigenvalue weighted by Crippen LogP contribution is -2.44. The fraction of sp³-hybridized carbons (Fsp3) is 0.400. The summed E-state index contributed by atoms with van der Waals surface area (Å²) in [5.74, 6) is 0.968. The Morgan fingerprint density at radius 2 is 2.22 bits per heavy atom. The Morgan fingerprint density at radius 3 is 2.96 bits per heavy atom. The molecule has 0 radical (unpaired) electrons. The van der Waals surface area contributed by atoms with Crippen LogP contribution in [0.2, 0.25) is 0 Å². The molecule has 2 aromatic rings. The van der Waals surface area contributed by atoms with Crippen molar-refractivity contribution in [1.29, 1.82) is 0 Å². The third-order valence-electron chi connectivity index (χ3n) is 3.54. The van der Waals surface area contributed by atoms with Gasteiger partial charge in [0.2, 0.25) is 11.8 Å². The van der Waals surface area contributed by atoms with Crippen molar-refractivity contribution in [1.82, 2.24) is 14.9 Å². The topological polar surface area (TPSA) is 77.7 Å². The molecule has 3 rings (SSSR count). The van der Waals surface area contributed by atoms with Crippen LogP contribution in [0.4, 0.5) is 0 Å². The summed E-state index contributed by atoms with van der Waals surface area (Å²) >= 11 is 3.20. The highest BCUT2D eigenvalue weighted by molar-refractivity contribution is 9.10. The number of halogens is 1. The molecule has 122 valence electrons. The number of aromatic nitrogens is 2. The summed E-state index contributed by atoms with van der Waals surface area (Å²) in [5.41, 5.74) is 0. The first-order valence-electron chi connectivity index (χ1n) is 7.23. The first kappa shape index (κ1) is 15.8. The van der Waals surface area contributed by atoms with Crippen LogP contribution >= 0.6 is 15.9 Å². The van der Waals surface area contributed by atoms with E-state index < -0.39 is 0 Å². The van der Waals surface area contributed by atoms with Crippen LogP contribution in [0.5, 0.6) is 11.8 Å². The first-order chi connectivity index (χ1) is 11.2. The molecule has 2 aromatic heterocycles. The fourth-order valence-electron chi connectivity index (χ4n) is 2.46. The molecule has 23 heavy (non-hydrogen) atoms. The normalized spacial score (nSPS) is 17.8. The second-order valence-electron chi connectivity index (χ2n) is 5.14. The molecule has 1 fully saturated rings. The number of piperidine rings is 1. The zero-order valence-corrected chi connectivity index (χ0v) is 14.2. The number of amides is 1. The number of hydrogen-bond donors (Lipinski definition) is 0. The molecule has 1 saturated heterocycles. The van der Waals surface area contributed by atoms with E-state index in [9.17, 15) is 4.79 Å². The molecule has 1 aliphatic rings. The van der Waals surface area contributed by atoms with Gasteiger partial charge in [0.25, 0.3) is 5.91 Å². The highest BCUT2D eigenvalue weighted by Gasteiger charge is 2.27. The standard InChI is InChI=1S/C15H16BrN3O4/c1-21-13-7-17-8-14(18-13)22-10-3-2-6-19(9-10)15(20)11-4-5-12(16)23-11/h4-5,7-8,10H,2-3,6,9H2,1H3/t10-/m1/s1. The SMILES string of the molecule is COc1cncc(O[C@@H]2CCCN(C(=O)c3ccc(Br)o3)C2)n1. The van der Waals surface area contributed by atoms with Crippen LogP contribution in [-0.2, 0) is 0 Å². The molecule has 0 unspecified atom stereocenters. The van der Waals surface area contributed by atoms with Crippen LogP contribution in [0.25, 0.3) is 0 Å². The van der Waals surface area contributed by atoms with Gasteiger partial charge in [-0.2, -0.15) is 4.98 Å². The Balaban J connectivity index is 1.64. The van der Waals surface area contributed by atoms with E-state index in [2.05, 4.69) is 25.9 Å². The summed E-state index contributed by atoms with van der Waals surface area (Å²) in [7, 11) is 1.52. The predicted octanol–water partition coefficient (Wildman–Crippen LogP) is 2.52. The quantitative estimate of drug-likeness (QED) is 0.809. The Hall–Kier alpha value is -2.09. The van der Waals surface area contributed by atoms with Crippen molar-refractivity contribution in [3.05, 3.63) is 35.0 Å². The summed E-state index contributed by atoms with van der Waals surface area (Å²) in [6, 6.07) is 3.36. The largest absolute Gasteiger partial charge is 0.480 e. The number of carbonyl (C=O) groups is 1. The molecular formula is C15H16BrN3O4. The van der Waals surface area contributed by atoms with E-state index in [-0.39, 0.29) is 12.0 Å². The van der Waals surface area contributed by atoms with Gasteiger partial charge in [0.15, 0.2) is 10.4 Å². The van der Waals surface area contributed by atoms with E-state index in [0.29, 0.717) is 35.3 Å². The van der Waals surface area contributed by atoms with Crippen LogP contribution in [0.1, 0.15) is 23.4 Å². The number of rotatable bonds is 4. The second-order valence-corrected chi connectivity index (χ2v) is 5.92.